The van der Waals surface area contributed by atoms with Gasteiger partial charge in [-0.3, -0.25) is 4.79 Å². The summed E-state index contributed by atoms with van der Waals surface area (Å²) in [7, 11) is -7.53. The lowest BCUT2D eigenvalue weighted by Gasteiger charge is -2.06. The van der Waals surface area contributed by atoms with E-state index in [0.29, 0.717) is 0 Å². The third-order valence-electron chi connectivity index (χ3n) is 3.63. The highest BCUT2D eigenvalue weighted by molar-refractivity contribution is 8.00. The molecule has 1 aliphatic heterocycles. The molecule has 0 saturated heterocycles. The fourth-order valence-electron chi connectivity index (χ4n) is 2.49. The average Bonchev–Trinajstić information content (AvgIpc) is 2.76. The van der Waals surface area contributed by atoms with Crippen LogP contribution in [-0.2, 0) is 24.7 Å². The molecule has 3 rings (SSSR count). The van der Waals surface area contributed by atoms with Crippen LogP contribution in [0.25, 0.3) is 10.5 Å². The van der Waals surface area contributed by atoms with Crippen LogP contribution >= 0.6 is 0 Å². The van der Waals surface area contributed by atoms with Gasteiger partial charge in [0.15, 0.2) is 9.84 Å². The Kier molecular flexibility index (Phi) is 4.00. The molecule has 1 amide bonds. The summed E-state index contributed by atoms with van der Waals surface area (Å²) in [6, 6.07) is 9.98. The van der Waals surface area contributed by atoms with Crippen LogP contribution < -0.4 is 4.72 Å². The quantitative estimate of drug-likeness (QED) is 0.870. The molecule has 9 heteroatoms. The van der Waals surface area contributed by atoms with Crippen LogP contribution in [0.2, 0.25) is 0 Å². The van der Waals surface area contributed by atoms with Crippen LogP contribution in [0, 0.1) is 5.82 Å². The van der Waals surface area contributed by atoms with E-state index in [2.05, 4.69) is 0 Å². The van der Waals surface area contributed by atoms with Gasteiger partial charge in [0.1, 0.15) is 10.7 Å². The van der Waals surface area contributed by atoms with Crippen molar-refractivity contribution in [1.29, 1.82) is 0 Å². The van der Waals surface area contributed by atoms with Crippen LogP contribution in [0.15, 0.2) is 53.4 Å². The van der Waals surface area contributed by atoms with Crippen LogP contribution in [0.5, 0.6) is 0 Å². The minimum atomic E-state index is -4.10. The minimum absolute atomic E-state index is 0.0430. The number of hydrogen-bond donors (Lipinski definition) is 1. The lowest BCUT2D eigenvalue weighted by atomic mass is 10.0. The first-order valence-electron chi connectivity index (χ1n) is 6.97. The Labute approximate surface area is 144 Å². The van der Waals surface area contributed by atoms with Gasteiger partial charge >= 0.3 is 0 Å². The van der Waals surface area contributed by atoms with E-state index < -0.39 is 31.6 Å². The van der Waals surface area contributed by atoms with Gasteiger partial charge in [-0.25, -0.2) is 25.9 Å². The van der Waals surface area contributed by atoms with E-state index in [4.69, 9.17) is 0 Å². The van der Waals surface area contributed by atoms with Crippen molar-refractivity contribution in [2.75, 3.05) is 6.26 Å². The largest absolute Gasteiger partial charge is 0.268 e. The third-order valence-corrected chi connectivity index (χ3v) is 6.19. The number of nitrogens with one attached hydrogen (secondary N) is 1. The highest BCUT2D eigenvalue weighted by Gasteiger charge is 2.37. The number of carbonyl (C=O) groups is 1. The Morgan fingerprint density at radius 2 is 1.44 bits per heavy atom. The Hall–Kier alpha value is -2.52. The summed E-state index contributed by atoms with van der Waals surface area (Å²) in [5, 5.41) is 0. The van der Waals surface area contributed by atoms with Crippen molar-refractivity contribution in [3.05, 3.63) is 65.5 Å². The summed E-state index contributed by atoms with van der Waals surface area (Å²) in [6.07, 6.45) is 1.04. The molecule has 0 atom stereocenters. The molecule has 0 bridgehead atoms. The maximum atomic E-state index is 13.1. The van der Waals surface area contributed by atoms with E-state index in [1.807, 2.05) is 4.72 Å². The third kappa shape index (κ3) is 3.20. The van der Waals surface area contributed by atoms with Gasteiger partial charge in [0, 0.05) is 6.26 Å². The van der Waals surface area contributed by atoms with Gasteiger partial charge in [-0.2, -0.15) is 0 Å². The molecule has 0 spiro atoms. The van der Waals surface area contributed by atoms with Crippen LogP contribution in [0.3, 0.4) is 0 Å². The van der Waals surface area contributed by atoms with Gasteiger partial charge in [0.05, 0.1) is 10.5 Å². The van der Waals surface area contributed by atoms with Gasteiger partial charge < -0.3 is 0 Å². The fourth-order valence-corrected chi connectivity index (χ4v) is 4.50. The number of benzene rings is 2. The van der Waals surface area contributed by atoms with Gasteiger partial charge in [-0.1, -0.05) is 24.3 Å². The second-order valence-corrected chi connectivity index (χ2v) is 9.08. The molecule has 0 saturated carbocycles. The van der Waals surface area contributed by atoms with E-state index in [0.717, 1.165) is 18.4 Å². The zero-order chi connectivity index (χ0) is 18.4. The van der Waals surface area contributed by atoms with Crippen molar-refractivity contribution in [2.45, 2.75) is 4.90 Å². The van der Waals surface area contributed by atoms with Gasteiger partial charge in [-0.15, -0.1) is 0 Å². The average molecular weight is 381 g/mol. The summed E-state index contributed by atoms with van der Waals surface area (Å²) in [5.74, 6) is -1.37. The molecule has 130 valence electrons. The highest BCUT2D eigenvalue weighted by Crippen LogP contribution is 2.35. The van der Waals surface area contributed by atoms with Crippen molar-refractivity contribution in [2.24, 2.45) is 0 Å². The van der Waals surface area contributed by atoms with E-state index in [-0.39, 0.29) is 26.5 Å². The zero-order valence-corrected chi connectivity index (χ0v) is 14.5. The van der Waals surface area contributed by atoms with E-state index in [1.165, 1.54) is 36.4 Å². The van der Waals surface area contributed by atoms with Crippen LogP contribution in [0.1, 0.15) is 11.1 Å². The topological polar surface area (TPSA) is 97.4 Å². The highest BCUT2D eigenvalue weighted by atomic mass is 32.2. The summed E-state index contributed by atoms with van der Waals surface area (Å²) < 4.78 is 62.6. The lowest BCUT2D eigenvalue weighted by Crippen LogP contribution is -2.23. The molecule has 25 heavy (non-hydrogen) atoms. The Morgan fingerprint density at radius 3 is 1.96 bits per heavy atom. The molecule has 0 fully saturated rings. The fraction of sp³-hybridized carbons (Fsp3) is 0.0625. The SMILES string of the molecule is CS(=O)(=O)c1ccc(C2=C(c3ccc(F)cc3)S(=O)(=O)NC2=O)cc1. The van der Waals surface area contributed by atoms with Crippen molar-refractivity contribution in [3.8, 4) is 0 Å². The molecule has 1 N–H and O–H groups in total. The lowest BCUT2D eigenvalue weighted by molar-refractivity contribution is -0.113. The summed E-state index contributed by atoms with van der Waals surface area (Å²) in [4.78, 5) is 12.0. The predicted octanol–water partition coefficient (Wildman–Crippen LogP) is 1.56. The number of hydrogen-bond acceptors (Lipinski definition) is 5. The number of sulfonamides is 1. The maximum Gasteiger partial charge on any atom is 0.267 e. The summed E-state index contributed by atoms with van der Waals surface area (Å²) >= 11 is 0. The molecule has 0 radical (unpaired) electrons. The molecule has 2 aromatic carbocycles. The van der Waals surface area contributed by atoms with Gasteiger partial charge in [0.2, 0.25) is 0 Å². The molecule has 2 aromatic rings. The number of sulfone groups is 1. The standard InChI is InChI=1S/C16H12FNO5S2/c1-24(20,21)13-8-4-10(5-9-13)14-15(25(22,23)18-16(14)19)11-2-6-12(17)7-3-11/h2-9H,1H3,(H,18,19). The number of halogens is 1. The van der Waals surface area contributed by atoms with Crippen LogP contribution in [0.4, 0.5) is 4.39 Å². The number of carbonyl (C=O) groups excluding carboxylic acids is 1. The van der Waals surface area contributed by atoms with Crippen molar-refractivity contribution >= 4 is 36.2 Å². The van der Waals surface area contributed by atoms with E-state index in [1.54, 1.807) is 0 Å². The smallest absolute Gasteiger partial charge is 0.267 e. The molecule has 6 nitrogen and oxygen atoms in total. The minimum Gasteiger partial charge on any atom is -0.268 e. The molecule has 0 unspecified atom stereocenters. The molecule has 1 heterocycles. The molecule has 0 aromatic heterocycles. The summed E-state index contributed by atoms with van der Waals surface area (Å²) in [6.45, 7) is 0. The zero-order valence-electron chi connectivity index (χ0n) is 12.9. The number of amides is 1. The predicted molar refractivity (Wildman–Crippen MR) is 89.8 cm³/mol. The first-order valence-corrected chi connectivity index (χ1v) is 10.3. The van der Waals surface area contributed by atoms with Crippen molar-refractivity contribution < 1.29 is 26.0 Å². The Morgan fingerprint density at radius 1 is 0.920 bits per heavy atom. The molecule has 1 aliphatic rings. The Bertz CT molecular complexity index is 1100. The van der Waals surface area contributed by atoms with Crippen molar-refractivity contribution in [1.82, 2.24) is 4.72 Å². The monoisotopic (exact) mass is 381 g/mol. The van der Waals surface area contributed by atoms with Crippen molar-refractivity contribution in [3.63, 3.8) is 0 Å². The number of rotatable bonds is 3. The van der Waals surface area contributed by atoms with E-state index >= 15 is 0 Å². The van der Waals surface area contributed by atoms with Gasteiger partial charge in [-0.05, 0) is 35.4 Å². The van der Waals surface area contributed by atoms with Crippen LogP contribution in [-0.4, -0.2) is 29.0 Å². The normalized spacial score (nSPS) is 16.8. The second kappa shape index (κ2) is 5.78. The molecular weight excluding hydrogens is 369 g/mol. The Balaban J connectivity index is 2.23. The second-order valence-electron chi connectivity index (χ2n) is 5.44. The van der Waals surface area contributed by atoms with Gasteiger partial charge in [0.25, 0.3) is 15.9 Å². The molecule has 0 aliphatic carbocycles. The maximum absolute atomic E-state index is 13.1. The van der Waals surface area contributed by atoms with E-state index in [9.17, 15) is 26.0 Å². The molecular formula is C16H12FNO5S2. The summed E-state index contributed by atoms with van der Waals surface area (Å²) in [5.41, 5.74) is 0.277. The first kappa shape index (κ1) is 17.3. The first-order chi connectivity index (χ1) is 11.6.